The SMILES string of the molecule is Cc1ccc(F)cc1C1CCC(C)NC1. The summed E-state index contributed by atoms with van der Waals surface area (Å²) in [5.74, 6) is 0.367. The van der Waals surface area contributed by atoms with Gasteiger partial charge in [-0.25, -0.2) is 4.39 Å². The minimum absolute atomic E-state index is 0.116. The monoisotopic (exact) mass is 207 g/mol. The van der Waals surface area contributed by atoms with Crippen LogP contribution in [0.5, 0.6) is 0 Å². The molecule has 0 spiro atoms. The fourth-order valence-electron chi connectivity index (χ4n) is 2.32. The summed E-state index contributed by atoms with van der Waals surface area (Å²) in [6.45, 7) is 5.24. The first kappa shape index (κ1) is 10.6. The lowest BCUT2D eigenvalue weighted by Crippen LogP contribution is -2.36. The van der Waals surface area contributed by atoms with Gasteiger partial charge < -0.3 is 5.32 Å². The average Bonchev–Trinajstić information content (AvgIpc) is 2.23. The fourth-order valence-corrected chi connectivity index (χ4v) is 2.32. The normalized spacial score (nSPS) is 26.6. The van der Waals surface area contributed by atoms with Crippen molar-refractivity contribution in [1.82, 2.24) is 5.32 Å². The standard InChI is InChI=1S/C13H18FN/c1-9-3-6-12(14)7-13(9)11-5-4-10(2)15-8-11/h3,6-7,10-11,15H,4-5,8H2,1-2H3. The van der Waals surface area contributed by atoms with Gasteiger partial charge in [0.1, 0.15) is 5.82 Å². The lowest BCUT2D eigenvalue weighted by atomic mass is 9.87. The van der Waals surface area contributed by atoms with E-state index < -0.39 is 0 Å². The maximum atomic E-state index is 13.2. The Labute approximate surface area is 90.7 Å². The van der Waals surface area contributed by atoms with Crippen LogP contribution in [0.25, 0.3) is 0 Å². The molecule has 82 valence electrons. The van der Waals surface area contributed by atoms with Crippen LogP contribution in [-0.2, 0) is 0 Å². The first-order valence-corrected chi connectivity index (χ1v) is 5.66. The van der Waals surface area contributed by atoms with Crippen LogP contribution in [0.4, 0.5) is 4.39 Å². The van der Waals surface area contributed by atoms with Gasteiger partial charge in [0, 0.05) is 12.6 Å². The number of halogens is 1. The molecule has 0 bridgehead atoms. The highest BCUT2D eigenvalue weighted by Crippen LogP contribution is 2.28. The predicted octanol–water partition coefficient (Wildman–Crippen LogP) is 2.99. The highest BCUT2D eigenvalue weighted by atomic mass is 19.1. The Morgan fingerprint density at radius 1 is 1.33 bits per heavy atom. The van der Waals surface area contributed by atoms with Crippen LogP contribution >= 0.6 is 0 Å². The van der Waals surface area contributed by atoms with E-state index in [0.717, 1.165) is 6.54 Å². The van der Waals surface area contributed by atoms with Crippen LogP contribution < -0.4 is 5.32 Å². The van der Waals surface area contributed by atoms with Crippen LogP contribution in [0.15, 0.2) is 18.2 Å². The lowest BCUT2D eigenvalue weighted by Gasteiger charge is -2.28. The Hall–Kier alpha value is -0.890. The quantitative estimate of drug-likeness (QED) is 0.746. The molecule has 2 unspecified atom stereocenters. The zero-order valence-corrected chi connectivity index (χ0v) is 9.39. The molecule has 1 N–H and O–H groups in total. The Morgan fingerprint density at radius 2 is 2.13 bits per heavy atom. The van der Waals surface area contributed by atoms with Crippen molar-refractivity contribution < 1.29 is 4.39 Å². The molecular formula is C13H18FN. The Balaban J connectivity index is 2.18. The van der Waals surface area contributed by atoms with Crippen molar-refractivity contribution in [2.45, 2.75) is 38.6 Å². The molecule has 1 nitrogen and oxygen atoms in total. The summed E-state index contributed by atoms with van der Waals surface area (Å²) in [4.78, 5) is 0. The minimum Gasteiger partial charge on any atom is -0.314 e. The van der Waals surface area contributed by atoms with E-state index >= 15 is 0 Å². The Bertz CT molecular complexity index is 340. The van der Waals surface area contributed by atoms with Crippen molar-refractivity contribution in [3.63, 3.8) is 0 Å². The molecule has 2 heteroatoms. The lowest BCUT2D eigenvalue weighted by molar-refractivity contribution is 0.383. The largest absolute Gasteiger partial charge is 0.314 e. The third-order valence-corrected chi connectivity index (χ3v) is 3.34. The van der Waals surface area contributed by atoms with Crippen LogP contribution in [0.1, 0.15) is 36.8 Å². The summed E-state index contributed by atoms with van der Waals surface area (Å²) in [6.07, 6.45) is 2.35. The highest BCUT2D eigenvalue weighted by molar-refractivity contribution is 5.30. The van der Waals surface area contributed by atoms with Crippen molar-refractivity contribution in [3.05, 3.63) is 35.1 Å². The number of aryl methyl sites for hydroxylation is 1. The predicted molar refractivity (Wildman–Crippen MR) is 60.6 cm³/mol. The van der Waals surface area contributed by atoms with Gasteiger partial charge in [-0.2, -0.15) is 0 Å². The molecule has 0 amide bonds. The van der Waals surface area contributed by atoms with Crippen LogP contribution in [0, 0.1) is 12.7 Å². The number of nitrogens with one attached hydrogen (secondary N) is 1. The summed E-state index contributed by atoms with van der Waals surface area (Å²) in [6, 6.07) is 5.72. The Kier molecular flexibility index (Phi) is 3.06. The number of piperidine rings is 1. The van der Waals surface area contributed by atoms with Crippen molar-refractivity contribution in [3.8, 4) is 0 Å². The molecule has 0 aromatic heterocycles. The van der Waals surface area contributed by atoms with E-state index in [4.69, 9.17) is 0 Å². The third kappa shape index (κ3) is 2.37. The van der Waals surface area contributed by atoms with E-state index in [1.165, 1.54) is 30.0 Å². The second kappa shape index (κ2) is 4.31. The van der Waals surface area contributed by atoms with Crippen molar-refractivity contribution in [1.29, 1.82) is 0 Å². The smallest absolute Gasteiger partial charge is 0.123 e. The van der Waals surface area contributed by atoms with E-state index in [1.54, 1.807) is 6.07 Å². The van der Waals surface area contributed by atoms with Gasteiger partial charge in [-0.05, 0) is 55.9 Å². The summed E-state index contributed by atoms with van der Waals surface area (Å²) in [5.41, 5.74) is 2.38. The molecule has 1 aliphatic rings. The zero-order valence-electron chi connectivity index (χ0n) is 9.39. The van der Waals surface area contributed by atoms with Crippen LogP contribution in [0.3, 0.4) is 0 Å². The second-order valence-corrected chi connectivity index (χ2v) is 4.58. The van der Waals surface area contributed by atoms with Crippen LogP contribution in [-0.4, -0.2) is 12.6 Å². The minimum atomic E-state index is -0.116. The molecule has 0 radical (unpaired) electrons. The number of hydrogen-bond donors (Lipinski definition) is 1. The molecule has 1 aromatic rings. The summed E-state index contributed by atoms with van der Waals surface area (Å²) < 4.78 is 13.2. The third-order valence-electron chi connectivity index (χ3n) is 3.34. The molecule has 0 aliphatic carbocycles. The van der Waals surface area contributed by atoms with Gasteiger partial charge in [0.2, 0.25) is 0 Å². The molecule has 0 saturated carbocycles. The van der Waals surface area contributed by atoms with E-state index in [-0.39, 0.29) is 5.82 Å². The van der Waals surface area contributed by atoms with Crippen molar-refractivity contribution >= 4 is 0 Å². The van der Waals surface area contributed by atoms with Gasteiger partial charge in [-0.1, -0.05) is 6.07 Å². The van der Waals surface area contributed by atoms with Gasteiger partial charge in [-0.3, -0.25) is 0 Å². The number of benzene rings is 1. The summed E-state index contributed by atoms with van der Waals surface area (Å²) >= 11 is 0. The first-order chi connectivity index (χ1) is 7.16. The maximum Gasteiger partial charge on any atom is 0.123 e. The summed E-state index contributed by atoms with van der Waals surface area (Å²) in [7, 11) is 0. The Morgan fingerprint density at radius 3 is 2.80 bits per heavy atom. The molecule has 2 rings (SSSR count). The van der Waals surface area contributed by atoms with Crippen molar-refractivity contribution in [2.75, 3.05) is 6.54 Å². The molecule has 1 aromatic carbocycles. The number of hydrogen-bond acceptors (Lipinski definition) is 1. The van der Waals surface area contributed by atoms with Crippen molar-refractivity contribution in [2.24, 2.45) is 0 Å². The molecular weight excluding hydrogens is 189 g/mol. The van der Waals surface area contributed by atoms with E-state index in [2.05, 4.69) is 19.2 Å². The van der Waals surface area contributed by atoms with E-state index in [0.29, 0.717) is 12.0 Å². The van der Waals surface area contributed by atoms with Gasteiger partial charge in [0.05, 0.1) is 0 Å². The average molecular weight is 207 g/mol. The van der Waals surface area contributed by atoms with Gasteiger partial charge in [-0.15, -0.1) is 0 Å². The first-order valence-electron chi connectivity index (χ1n) is 5.66. The van der Waals surface area contributed by atoms with Crippen LogP contribution in [0.2, 0.25) is 0 Å². The zero-order chi connectivity index (χ0) is 10.8. The van der Waals surface area contributed by atoms with E-state index in [1.807, 2.05) is 6.07 Å². The molecule has 1 saturated heterocycles. The molecule has 1 fully saturated rings. The number of rotatable bonds is 1. The molecule has 15 heavy (non-hydrogen) atoms. The maximum absolute atomic E-state index is 13.2. The second-order valence-electron chi connectivity index (χ2n) is 4.58. The van der Waals surface area contributed by atoms with Gasteiger partial charge in [0.25, 0.3) is 0 Å². The molecule has 2 atom stereocenters. The van der Waals surface area contributed by atoms with E-state index in [9.17, 15) is 4.39 Å². The topological polar surface area (TPSA) is 12.0 Å². The summed E-state index contributed by atoms with van der Waals surface area (Å²) in [5, 5.41) is 3.45. The van der Waals surface area contributed by atoms with Gasteiger partial charge >= 0.3 is 0 Å². The molecule has 1 aliphatic heterocycles. The fraction of sp³-hybridized carbons (Fsp3) is 0.538. The highest BCUT2D eigenvalue weighted by Gasteiger charge is 2.20. The molecule has 1 heterocycles. The van der Waals surface area contributed by atoms with Gasteiger partial charge in [0.15, 0.2) is 0 Å².